The van der Waals surface area contributed by atoms with Crippen LogP contribution in [0.3, 0.4) is 0 Å². The van der Waals surface area contributed by atoms with Crippen molar-refractivity contribution in [2.75, 3.05) is 24.5 Å². The highest BCUT2D eigenvalue weighted by Gasteiger charge is 2.21. The zero-order valence-electron chi connectivity index (χ0n) is 11.5. The highest BCUT2D eigenvalue weighted by molar-refractivity contribution is 6.99. The maximum atomic E-state index is 11.9. The van der Waals surface area contributed by atoms with Gasteiger partial charge in [0, 0.05) is 32.0 Å². The van der Waals surface area contributed by atoms with Crippen molar-refractivity contribution in [3.05, 3.63) is 30.5 Å². The van der Waals surface area contributed by atoms with Gasteiger partial charge in [-0.05, 0) is 18.8 Å². The summed E-state index contributed by atoms with van der Waals surface area (Å²) in [5, 5.41) is 2.93. The second kappa shape index (κ2) is 6.57. The molecule has 7 nitrogen and oxygen atoms in total. The van der Waals surface area contributed by atoms with E-state index in [-0.39, 0.29) is 5.91 Å². The summed E-state index contributed by atoms with van der Waals surface area (Å²) in [5.41, 5.74) is 0.364. The molecule has 0 spiro atoms. The van der Waals surface area contributed by atoms with Crippen molar-refractivity contribution in [2.45, 2.75) is 12.8 Å². The van der Waals surface area contributed by atoms with Gasteiger partial charge in [0.15, 0.2) is 5.82 Å². The van der Waals surface area contributed by atoms with E-state index in [1.807, 2.05) is 0 Å². The van der Waals surface area contributed by atoms with Crippen LogP contribution in [0.5, 0.6) is 0 Å². The average molecular weight is 304 g/mol. The molecule has 21 heavy (non-hydrogen) atoms. The number of hydrogen-bond donors (Lipinski definition) is 1. The highest BCUT2D eigenvalue weighted by Crippen LogP contribution is 2.21. The van der Waals surface area contributed by atoms with Crippen LogP contribution in [0, 0.1) is 5.92 Å². The van der Waals surface area contributed by atoms with E-state index in [0.717, 1.165) is 31.7 Å². The number of carbonyl (C=O) groups is 1. The first-order valence-corrected chi connectivity index (χ1v) is 7.62. The van der Waals surface area contributed by atoms with Gasteiger partial charge in [-0.25, -0.2) is 4.98 Å². The van der Waals surface area contributed by atoms with Gasteiger partial charge >= 0.3 is 0 Å². The summed E-state index contributed by atoms with van der Waals surface area (Å²) in [4.78, 5) is 22.0. The van der Waals surface area contributed by atoms with Crippen molar-refractivity contribution in [3.63, 3.8) is 0 Å². The van der Waals surface area contributed by atoms with Gasteiger partial charge in [-0.2, -0.15) is 8.75 Å². The Hall–Kier alpha value is -2.09. The van der Waals surface area contributed by atoms with Crippen LogP contribution in [0.1, 0.15) is 23.3 Å². The third-order valence-electron chi connectivity index (χ3n) is 3.64. The fourth-order valence-corrected chi connectivity index (χ4v) is 2.84. The van der Waals surface area contributed by atoms with Crippen LogP contribution in [0.4, 0.5) is 5.82 Å². The number of aromatic nitrogens is 4. The third-order valence-corrected chi connectivity index (χ3v) is 4.10. The molecule has 0 unspecified atom stereocenters. The largest absolute Gasteiger partial charge is 0.354 e. The van der Waals surface area contributed by atoms with E-state index in [1.54, 1.807) is 12.4 Å². The van der Waals surface area contributed by atoms with Gasteiger partial charge < -0.3 is 10.2 Å². The molecule has 110 valence electrons. The number of nitrogens with one attached hydrogen (secondary N) is 1. The molecule has 0 saturated carbocycles. The smallest absolute Gasteiger partial charge is 0.271 e. The summed E-state index contributed by atoms with van der Waals surface area (Å²) in [5.74, 6) is 1.30. The Labute approximate surface area is 126 Å². The summed E-state index contributed by atoms with van der Waals surface area (Å²) < 4.78 is 8.28. The maximum Gasteiger partial charge on any atom is 0.271 e. The van der Waals surface area contributed by atoms with Crippen LogP contribution in [0.15, 0.2) is 24.8 Å². The summed E-state index contributed by atoms with van der Waals surface area (Å²) in [7, 11) is 0. The second-order valence-corrected chi connectivity index (χ2v) is 5.55. The first kappa shape index (κ1) is 13.9. The van der Waals surface area contributed by atoms with Gasteiger partial charge in [0.2, 0.25) is 0 Å². The van der Waals surface area contributed by atoms with Crippen molar-refractivity contribution >= 4 is 23.5 Å². The van der Waals surface area contributed by atoms with E-state index in [0.29, 0.717) is 18.2 Å². The van der Waals surface area contributed by atoms with Gasteiger partial charge in [-0.3, -0.25) is 9.78 Å². The lowest BCUT2D eigenvalue weighted by molar-refractivity contribution is 0.0939. The Kier molecular flexibility index (Phi) is 4.34. The molecule has 0 aliphatic carbocycles. The Morgan fingerprint density at radius 3 is 2.86 bits per heavy atom. The number of hydrogen-bond acceptors (Lipinski definition) is 7. The van der Waals surface area contributed by atoms with Gasteiger partial charge in [-0.1, -0.05) is 0 Å². The van der Waals surface area contributed by atoms with E-state index in [2.05, 4.69) is 28.9 Å². The molecule has 2 aromatic heterocycles. The van der Waals surface area contributed by atoms with Crippen LogP contribution in [-0.2, 0) is 0 Å². The Balaban J connectivity index is 1.45. The van der Waals surface area contributed by atoms with Crippen LogP contribution in [0.25, 0.3) is 0 Å². The Bertz CT molecular complexity index is 568. The molecule has 1 N–H and O–H groups in total. The summed E-state index contributed by atoms with van der Waals surface area (Å²) in [6.07, 6.45) is 8.44. The Morgan fingerprint density at radius 1 is 1.33 bits per heavy atom. The number of piperidine rings is 1. The fourth-order valence-electron chi connectivity index (χ4n) is 2.41. The van der Waals surface area contributed by atoms with Gasteiger partial charge in [0.05, 0.1) is 24.1 Å². The molecule has 3 rings (SSSR count). The molecular formula is C13H16N6OS. The van der Waals surface area contributed by atoms with Gasteiger partial charge in [-0.15, -0.1) is 0 Å². The zero-order valence-corrected chi connectivity index (χ0v) is 12.3. The standard InChI is InChI=1S/C13H16N6OS/c20-13(11-8-14-3-4-15-11)16-7-10-1-5-19(6-2-10)12-9-17-21-18-12/h3-4,8-10H,1-2,5-7H2,(H,16,20). The molecule has 1 fully saturated rings. The van der Waals surface area contributed by atoms with E-state index in [9.17, 15) is 4.79 Å². The first-order chi connectivity index (χ1) is 10.3. The molecule has 1 aliphatic heterocycles. The minimum Gasteiger partial charge on any atom is -0.354 e. The van der Waals surface area contributed by atoms with Crippen molar-refractivity contribution in [2.24, 2.45) is 5.92 Å². The molecular weight excluding hydrogens is 288 g/mol. The van der Waals surface area contributed by atoms with Gasteiger partial charge in [0.1, 0.15) is 5.69 Å². The topological polar surface area (TPSA) is 83.9 Å². The van der Waals surface area contributed by atoms with Crippen molar-refractivity contribution in [1.29, 1.82) is 0 Å². The minimum atomic E-state index is -0.158. The Morgan fingerprint density at radius 2 is 2.19 bits per heavy atom. The predicted octanol–water partition coefficient (Wildman–Crippen LogP) is 0.975. The van der Waals surface area contributed by atoms with Crippen molar-refractivity contribution in [3.8, 4) is 0 Å². The lowest BCUT2D eigenvalue weighted by Crippen LogP contribution is -2.39. The summed E-state index contributed by atoms with van der Waals surface area (Å²) in [6, 6.07) is 0. The van der Waals surface area contributed by atoms with E-state index >= 15 is 0 Å². The predicted molar refractivity (Wildman–Crippen MR) is 79.2 cm³/mol. The fraction of sp³-hybridized carbons (Fsp3) is 0.462. The molecule has 1 aliphatic rings. The number of rotatable bonds is 4. The van der Waals surface area contributed by atoms with Crippen LogP contribution < -0.4 is 10.2 Å². The molecule has 0 bridgehead atoms. The normalized spacial score (nSPS) is 15.9. The molecule has 8 heteroatoms. The van der Waals surface area contributed by atoms with Gasteiger partial charge in [0.25, 0.3) is 5.91 Å². The van der Waals surface area contributed by atoms with E-state index < -0.39 is 0 Å². The maximum absolute atomic E-state index is 11.9. The SMILES string of the molecule is O=C(NCC1CCN(c2cnsn2)CC1)c1cnccn1. The minimum absolute atomic E-state index is 0.158. The quantitative estimate of drug-likeness (QED) is 0.906. The number of carbonyl (C=O) groups excluding carboxylic acids is 1. The third kappa shape index (κ3) is 3.52. The summed E-state index contributed by atoms with van der Waals surface area (Å²) in [6.45, 7) is 2.59. The number of amides is 1. The molecule has 0 radical (unpaired) electrons. The molecule has 2 aromatic rings. The summed E-state index contributed by atoms with van der Waals surface area (Å²) >= 11 is 1.23. The number of anilines is 1. The molecule has 0 aromatic carbocycles. The zero-order chi connectivity index (χ0) is 14.5. The number of nitrogens with zero attached hydrogens (tertiary/aromatic N) is 5. The lowest BCUT2D eigenvalue weighted by Gasteiger charge is -2.31. The molecule has 1 saturated heterocycles. The van der Waals surface area contributed by atoms with Crippen LogP contribution in [0.2, 0.25) is 0 Å². The van der Waals surface area contributed by atoms with Crippen molar-refractivity contribution < 1.29 is 4.79 Å². The molecule has 3 heterocycles. The molecule has 0 atom stereocenters. The van der Waals surface area contributed by atoms with E-state index in [1.165, 1.54) is 24.1 Å². The monoisotopic (exact) mass is 304 g/mol. The lowest BCUT2D eigenvalue weighted by atomic mass is 9.97. The van der Waals surface area contributed by atoms with Crippen LogP contribution in [-0.4, -0.2) is 44.3 Å². The highest BCUT2D eigenvalue weighted by atomic mass is 32.1. The van der Waals surface area contributed by atoms with Crippen LogP contribution >= 0.6 is 11.7 Å². The molecule has 1 amide bonds. The first-order valence-electron chi connectivity index (χ1n) is 6.89. The van der Waals surface area contributed by atoms with Crippen molar-refractivity contribution in [1.82, 2.24) is 24.0 Å². The second-order valence-electron chi connectivity index (χ2n) is 5.00. The average Bonchev–Trinajstić information content (AvgIpc) is 3.08. The van der Waals surface area contributed by atoms with E-state index in [4.69, 9.17) is 0 Å².